The second kappa shape index (κ2) is 7.58. The second-order valence-electron chi connectivity index (χ2n) is 8.03. The van der Waals surface area contributed by atoms with E-state index in [1.165, 1.54) is 6.20 Å². The molecule has 12 heteroatoms. The Morgan fingerprint density at radius 2 is 2.03 bits per heavy atom. The van der Waals surface area contributed by atoms with Crippen molar-refractivity contribution in [2.24, 2.45) is 11.7 Å². The lowest BCUT2D eigenvalue weighted by atomic mass is 10.0. The largest absolute Gasteiger partial charge is 0.408 e. The number of carbonyl (C=O) groups is 1. The summed E-state index contributed by atoms with van der Waals surface area (Å²) in [6.45, 7) is 0. The Labute approximate surface area is 193 Å². The zero-order valence-corrected chi connectivity index (χ0v) is 18.5. The van der Waals surface area contributed by atoms with Crippen molar-refractivity contribution in [1.82, 2.24) is 15.0 Å². The molecule has 1 aliphatic rings. The Morgan fingerprint density at radius 3 is 2.64 bits per heavy atom. The lowest BCUT2D eigenvalue weighted by Crippen LogP contribution is -2.38. The van der Waals surface area contributed by atoms with Crippen LogP contribution in [0.25, 0.3) is 32.9 Å². The molecule has 170 valence electrons. The fraction of sp³-hybridized carbons (Fsp3) is 0.238. The summed E-state index contributed by atoms with van der Waals surface area (Å²) in [5, 5.41) is 3.54. The molecule has 4 aromatic rings. The van der Waals surface area contributed by atoms with Crippen LogP contribution in [0.1, 0.15) is 23.2 Å². The number of nitrogens with two attached hydrogens (primary N) is 2. The highest BCUT2D eigenvalue weighted by Gasteiger charge is 2.49. The Morgan fingerprint density at radius 1 is 1.27 bits per heavy atom. The molecule has 3 aromatic heterocycles. The van der Waals surface area contributed by atoms with Gasteiger partial charge in [-0.15, -0.1) is 0 Å². The molecule has 0 radical (unpaired) electrons. The van der Waals surface area contributed by atoms with Crippen molar-refractivity contribution >= 4 is 55.4 Å². The molecule has 8 nitrogen and oxygen atoms in total. The topological polar surface area (TPSA) is 137 Å². The minimum Gasteiger partial charge on any atom is -0.365 e. The van der Waals surface area contributed by atoms with E-state index in [4.69, 9.17) is 11.5 Å². The third kappa shape index (κ3) is 3.84. The molecule has 0 spiro atoms. The number of nitrogens with one attached hydrogen (secondary N) is 3. The Balaban J connectivity index is 1.72. The third-order valence-corrected chi connectivity index (χ3v) is 6.40. The molecular formula is C21H18BrF3N7O+. The molecule has 0 unspecified atom stereocenters. The number of alkyl halides is 3. The van der Waals surface area contributed by atoms with Gasteiger partial charge in [0, 0.05) is 32.7 Å². The molecule has 1 aromatic carbocycles. The van der Waals surface area contributed by atoms with Gasteiger partial charge in [0.05, 0.1) is 22.7 Å². The van der Waals surface area contributed by atoms with Crippen LogP contribution in [-0.4, -0.2) is 33.1 Å². The van der Waals surface area contributed by atoms with Crippen molar-refractivity contribution in [1.29, 1.82) is 0 Å². The first-order valence-corrected chi connectivity index (χ1v) is 10.8. The maximum atomic E-state index is 13.7. The number of H-pyrrole nitrogens is 2. The van der Waals surface area contributed by atoms with E-state index in [2.05, 4.69) is 41.2 Å². The van der Waals surface area contributed by atoms with Gasteiger partial charge in [-0.05, 0) is 30.9 Å². The molecule has 1 aliphatic carbocycles. The SMILES string of the molecule is NC(=O)c1cnc(N[C@H](C2CC2)C(F)(F)F)c2c1[nH]c1cc(-c3cnc(N)[nH+]c3)c(Br)cc12. The summed E-state index contributed by atoms with van der Waals surface area (Å²) in [6.07, 6.45) is 1.02. The summed E-state index contributed by atoms with van der Waals surface area (Å²) in [5.74, 6) is -0.950. The van der Waals surface area contributed by atoms with Gasteiger partial charge >= 0.3 is 12.1 Å². The van der Waals surface area contributed by atoms with Crippen molar-refractivity contribution < 1.29 is 22.9 Å². The van der Waals surface area contributed by atoms with Gasteiger partial charge in [0.1, 0.15) is 18.1 Å². The number of nitrogen functional groups attached to an aromatic ring is 1. The van der Waals surface area contributed by atoms with E-state index in [0.29, 0.717) is 39.1 Å². The smallest absolute Gasteiger partial charge is 0.365 e. The molecule has 5 rings (SSSR count). The van der Waals surface area contributed by atoms with E-state index < -0.39 is 24.0 Å². The minimum atomic E-state index is -4.43. The Kier molecular flexibility index (Phi) is 4.92. The Hall–Kier alpha value is -3.41. The van der Waals surface area contributed by atoms with Crippen molar-refractivity contribution in [2.45, 2.75) is 25.1 Å². The number of benzene rings is 1. The maximum absolute atomic E-state index is 13.7. The monoisotopic (exact) mass is 520 g/mol. The molecule has 33 heavy (non-hydrogen) atoms. The number of nitrogens with zero attached hydrogens (tertiary/aromatic N) is 2. The number of rotatable bonds is 5. The van der Waals surface area contributed by atoms with Crippen molar-refractivity contribution in [3.8, 4) is 11.1 Å². The first kappa shape index (κ1) is 21.4. The lowest BCUT2D eigenvalue weighted by molar-refractivity contribution is -0.363. The van der Waals surface area contributed by atoms with E-state index in [1.807, 2.05) is 0 Å². The summed E-state index contributed by atoms with van der Waals surface area (Å²) < 4.78 is 41.7. The molecule has 7 N–H and O–H groups in total. The van der Waals surface area contributed by atoms with Gasteiger partial charge in [0.2, 0.25) is 0 Å². The van der Waals surface area contributed by atoms with Gasteiger partial charge in [-0.3, -0.25) is 10.5 Å². The number of amides is 1. The number of carbonyl (C=O) groups excluding carboxylic acids is 1. The molecule has 0 bridgehead atoms. The highest BCUT2D eigenvalue weighted by atomic mass is 79.9. The van der Waals surface area contributed by atoms with Crippen LogP contribution < -0.4 is 21.8 Å². The fourth-order valence-corrected chi connectivity index (χ4v) is 4.57. The summed E-state index contributed by atoms with van der Waals surface area (Å²) >= 11 is 3.53. The average Bonchev–Trinajstić information content (AvgIpc) is 3.51. The van der Waals surface area contributed by atoms with E-state index in [0.717, 1.165) is 11.1 Å². The molecule has 1 amide bonds. The quantitative estimate of drug-likeness (QED) is 0.317. The third-order valence-electron chi connectivity index (χ3n) is 5.75. The Bertz CT molecular complexity index is 1400. The maximum Gasteiger partial charge on any atom is 0.408 e. The normalized spacial score (nSPS) is 15.2. The van der Waals surface area contributed by atoms with E-state index >= 15 is 0 Å². The summed E-state index contributed by atoms with van der Waals surface area (Å²) in [5.41, 5.74) is 13.6. The number of primary amides is 1. The zero-order valence-electron chi connectivity index (χ0n) is 16.9. The molecule has 0 saturated heterocycles. The standard InChI is InChI=1S/C21H17BrF3N7O/c22-13-3-11-14(4-10(13)9-5-29-20(27)30-6-9)31-16-12(18(26)33)7-28-19(15(11)16)32-17(8-1-2-8)21(23,24)25/h3-8,17,31H,1-2H2,(H2,26,33)(H,28,32)(H2,27,29,30)/p+1/t17-/m1/s1. The summed E-state index contributed by atoms with van der Waals surface area (Å²) in [6, 6.07) is 1.84. The average molecular weight is 521 g/mol. The van der Waals surface area contributed by atoms with Gasteiger partial charge in [0.25, 0.3) is 5.91 Å². The van der Waals surface area contributed by atoms with Crippen molar-refractivity contribution in [2.75, 3.05) is 11.1 Å². The number of fused-ring (bicyclic) bond motifs is 3. The first-order valence-electron chi connectivity index (χ1n) is 10.0. The van der Waals surface area contributed by atoms with Gasteiger partial charge in [-0.2, -0.15) is 13.2 Å². The fourth-order valence-electron chi connectivity index (χ4n) is 4.00. The van der Waals surface area contributed by atoms with E-state index in [9.17, 15) is 18.0 Å². The molecule has 1 atom stereocenters. The van der Waals surface area contributed by atoms with Crippen LogP contribution in [0.3, 0.4) is 0 Å². The highest BCUT2D eigenvalue weighted by molar-refractivity contribution is 9.10. The predicted molar refractivity (Wildman–Crippen MR) is 120 cm³/mol. The van der Waals surface area contributed by atoms with Gasteiger partial charge in [0.15, 0.2) is 0 Å². The number of anilines is 2. The van der Waals surface area contributed by atoms with Crippen molar-refractivity contribution in [3.05, 3.63) is 40.8 Å². The van der Waals surface area contributed by atoms with Crippen LogP contribution in [0, 0.1) is 5.92 Å². The minimum absolute atomic E-state index is 0.0395. The van der Waals surface area contributed by atoms with Gasteiger partial charge in [-0.1, -0.05) is 20.9 Å². The molecular weight excluding hydrogens is 503 g/mol. The molecule has 1 saturated carbocycles. The molecule has 1 fully saturated rings. The zero-order chi connectivity index (χ0) is 23.5. The van der Waals surface area contributed by atoms with Crippen molar-refractivity contribution in [3.63, 3.8) is 0 Å². The first-order chi connectivity index (χ1) is 15.6. The van der Waals surface area contributed by atoms with Crippen LogP contribution >= 0.6 is 15.9 Å². The summed E-state index contributed by atoms with van der Waals surface area (Å²) in [4.78, 5) is 26.2. The number of hydrogen-bond acceptors (Lipinski definition) is 5. The number of pyridine rings is 1. The van der Waals surface area contributed by atoms with Crippen LogP contribution in [0.2, 0.25) is 0 Å². The summed E-state index contributed by atoms with van der Waals surface area (Å²) in [7, 11) is 0. The van der Waals surface area contributed by atoms with Crippen LogP contribution in [0.4, 0.5) is 24.9 Å². The van der Waals surface area contributed by atoms with Gasteiger partial charge in [-0.25, -0.2) is 9.97 Å². The number of aromatic nitrogens is 4. The van der Waals surface area contributed by atoms with E-state index in [1.54, 1.807) is 24.5 Å². The molecule has 3 heterocycles. The predicted octanol–water partition coefficient (Wildman–Crippen LogP) is 3.79. The molecule has 0 aliphatic heterocycles. The number of hydrogen-bond donors (Lipinski definition) is 4. The highest BCUT2D eigenvalue weighted by Crippen LogP contribution is 2.44. The van der Waals surface area contributed by atoms with Gasteiger partial charge < -0.3 is 16.0 Å². The second-order valence-corrected chi connectivity index (χ2v) is 8.88. The number of aromatic amines is 2. The number of halogens is 4. The lowest BCUT2D eigenvalue weighted by Gasteiger charge is -2.22. The van der Waals surface area contributed by atoms with E-state index in [-0.39, 0.29) is 17.3 Å². The van der Waals surface area contributed by atoms with Crippen LogP contribution in [0.5, 0.6) is 0 Å². The van der Waals surface area contributed by atoms with Crippen LogP contribution in [-0.2, 0) is 0 Å². The van der Waals surface area contributed by atoms with Crippen LogP contribution in [0.15, 0.2) is 35.2 Å².